The molecule has 0 spiro atoms. The molecule has 1 aromatic heterocycles. The molecule has 2 aromatic rings. The van der Waals surface area contributed by atoms with Gasteiger partial charge in [0.05, 0.1) is 13.7 Å². The number of likely N-dealkylation sites (N-methyl/N-ethyl adjacent to an activating group) is 1. The summed E-state index contributed by atoms with van der Waals surface area (Å²) in [7, 11) is 3.83. The summed E-state index contributed by atoms with van der Waals surface area (Å²) in [5.41, 5.74) is 1.92. The Labute approximate surface area is 149 Å². The third-order valence-corrected chi connectivity index (χ3v) is 3.92. The summed E-state index contributed by atoms with van der Waals surface area (Å²) in [5, 5.41) is 4.17. The van der Waals surface area contributed by atoms with Gasteiger partial charge in [0.1, 0.15) is 11.4 Å². The summed E-state index contributed by atoms with van der Waals surface area (Å²) in [6, 6.07) is 9.89. The summed E-state index contributed by atoms with van der Waals surface area (Å²) in [5.74, 6) is 1.77. The van der Waals surface area contributed by atoms with Gasteiger partial charge in [-0.3, -0.25) is 4.90 Å². The quantitative estimate of drug-likeness (QED) is 0.839. The molecule has 0 radical (unpaired) electrons. The van der Waals surface area contributed by atoms with Gasteiger partial charge in [-0.2, -0.15) is 0 Å². The van der Waals surface area contributed by atoms with Crippen molar-refractivity contribution in [2.45, 2.75) is 6.54 Å². The highest BCUT2D eigenvalue weighted by molar-refractivity contribution is 5.85. The Morgan fingerprint density at radius 3 is 2.35 bits per heavy atom. The zero-order valence-corrected chi connectivity index (χ0v) is 15.0. The molecule has 1 saturated heterocycles. The molecule has 23 heavy (non-hydrogen) atoms. The van der Waals surface area contributed by atoms with E-state index in [1.165, 1.54) is 0 Å². The first kappa shape index (κ1) is 19.8. The van der Waals surface area contributed by atoms with Gasteiger partial charge in [0.2, 0.25) is 0 Å². The molecule has 3 rings (SSSR count). The molecule has 1 aromatic carbocycles. The third kappa shape index (κ3) is 5.11. The molecule has 1 aliphatic heterocycles. The Bertz CT molecular complexity index is 581. The molecule has 0 aliphatic carbocycles. The van der Waals surface area contributed by atoms with Crippen LogP contribution in [0, 0.1) is 0 Å². The standard InChI is InChI=1S/C16H21N3O2.2ClH/c1-18-7-9-19(10-8-18)12-15-11-16(17-21-15)13-3-5-14(20-2)6-4-13;;/h3-6,11H,7-10,12H2,1-2H3;2*1H. The molecule has 0 unspecified atom stereocenters. The predicted octanol–water partition coefficient (Wildman–Crippen LogP) is 2.94. The van der Waals surface area contributed by atoms with Crippen molar-refractivity contribution in [2.75, 3.05) is 40.3 Å². The second-order valence-electron chi connectivity index (χ2n) is 5.49. The minimum atomic E-state index is 0. The predicted molar refractivity (Wildman–Crippen MR) is 95.8 cm³/mol. The molecule has 128 valence electrons. The SMILES string of the molecule is COc1ccc(-c2cc(CN3CCN(C)CC3)on2)cc1.Cl.Cl. The van der Waals surface area contributed by atoms with Gasteiger partial charge in [-0.05, 0) is 31.3 Å². The van der Waals surface area contributed by atoms with Gasteiger partial charge in [0, 0.05) is 37.8 Å². The topological polar surface area (TPSA) is 41.7 Å². The van der Waals surface area contributed by atoms with Crippen LogP contribution in [0.25, 0.3) is 11.3 Å². The highest BCUT2D eigenvalue weighted by Gasteiger charge is 2.16. The zero-order chi connectivity index (χ0) is 14.7. The van der Waals surface area contributed by atoms with E-state index in [9.17, 15) is 0 Å². The third-order valence-electron chi connectivity index (χ3n) is 3.92. The maximum Gasteiger partial charge on any atom is 0.151 e. The van der Waals surface area contributed by atoms with E-state index in [4.69, 9.17) is 9.26 Å². The van der Waals surface area contributed by atoms with Crippen LogP contribution in [0.15, 0.2) is 34.9 Å². The number of halogens is 2. The van der Waals surface area contributed by atoms with Crippen LogP contribution in [0.3, 0.4) is 0 Å². The molecule has 1 aliphatic rings. The number of rotatable bonds is 4. The van der Waals surface area contributed by atoms with Crippen LogP contribution >= 0.6 is 24.8 Å². The minimum absolute atomic E-state index is 0. The number of methoxy groups -OCH3 is 1. The lowest BCUT2D eigenvalue weighted by molar-refractivity contribution is 0.137. The average Bonchev–Trinajstić information content (AvgIpc) is 2.98. The fourth-order valence-electron chi connectivity index (χ4n) is 2.51. The molecule has 0 atom stereocenters. The number of aromatic nitrogens is 1. The summed E-state index contributed by atoms with van der Waals surface area (Å²) >= 11 is 0. The number of benzene rings is 1. The maximum absolute atomic E-state index is 5.47. The number of ether oxygens (including phenoxy) is 1. The van der Waals surface area contributed by atoms with Crippen LogP contribution in [-0.4, -0.2) is 55.3 Å². The van der Waals surface area contributed by atoms with E-state index >= 15 is 0 Å². The van der Waals surface area contributed by atoms with Crippen molar-refractivity contribution in [3.05, 3.63) is 36.1 Å². The number of nitrogens with zero attached hydrogens (tertiary/aromatic N) is 3. The van der Waals surface area contributed by atoms with Crippen molar-refractivity contribution in [3.63, 3.8) is 0 Å². The first-order valence-corrected chi connectivity index (χ1v) is 7.25. The van der Waals surface area contributed by atoms with Crippen LogP contribution in [-0.2, 0) is 6.54 Å². The van der Waals surface area contributed by atoms with E-state index in [1.54, 1.807) is 7.11 Å². The van der Waals surface area contributed by atoms with Gasteiger partial charge in [0.15, 0.2) is 5.76 Å². The Balaban J connectivity index is 0.00000132. The Morgan fingerprint density at radius 1 is 1.09 bits per heavy atom. The van der Waals surface area contributed by atoms with E-state index in [1.807, 2.05) is 30.3 Å². The van der Waals surface area contributed by atoms with Gasteiger partial charge in [-0.25, -0.2) is 0 Å². The first-order chi connectivity index (χ1) is 10.2. The Morgan fingerprint density at radius 2 is 1.74 bits per heavy atom. The molecule has 0 saturated carbocycles. The van der Waals surface area contributed by atoms with Gasteiger partial charge in [-0.1, -0.05) is 5.16 Å². The molecular weight excluding hydrogens is 337 g/mol. The molecule has 2 heterocycles. The highest BCUT2D eigenvalue weighted by atomic mass is 35.5. The van der Waals surface area contributed by atoms with Crippen LogP contribution in [0.5, 0.6) is 5.75 Å². The van der Waals surface area contributed by atoms with Crippen molar-refractivity contribution in [1.82, 2.24) is 15.0 Å². The lowest BCUT2D eigenvalue weighted by atomic mass is 10.1. The summed E-state index contributed by atoms with van der Waals surface area (Å²) < 4.78 is 10.6. The molecule has 0 N–H and O–H groups in total. The summed E-state index contributed by atoms with van der Waals surface area (Å²) in [4.78, 5) is 4.75. The lowest BCUT2D eigenvalue weighted by Crippen LogP contribution is -2.43. The van der Waals surface area contributed by atoms with Crippen molar-refractivity contribution < 1.29 is 9.26 Å². The fraction of sp³-hybridized carbons (Fsp3) is 0.438. The number of piperazine rings is 1. The summed E-state index contributed by atoms with van der Waals surface area (Å²) in [6.07, 6.45) is 0. The summed E-state index contributed by atoms with van der Waals surface area (Å²) in [6.45, 7) is 5.21. The molecule has 1 fully saturated rings. The number of hydrogen-bond acceptors (Lipinski definition) is 5. The second-order valence-corrected chi connectivity index (χ2v) is 5.49. The van der Waals surface area contributed by atoms with Crippen molar-refractivity contribution in [1.29, 1.82) is 0 Å². The van der Waals surface area contributed by atoms with Crippen molar-refractivity contribution in [3.8, 4) is 17.0 Å². The Kier molecular flexibility index (Phi) is 7.85. The maximum atomic E-state index is 5.47. The Hall–Kier alpha value is -1.27. The van der Waals surface area contributed by atoms with Gasteiger partial charge >= 0.3 is 0 Å². The molecule has 5 nitrogen and oxygen atoms in total. The minimum Gasteiger partial charge on any atom is -0.497 e. The smallest absolute Gasteiger partial charge is 0.151 e. The second kappa shape index (κ2) is 9.13. The average molecular weight is 360 g/mol. The van der Waals surface area contributed by atoms with Gasteiger partial charge in [-0.15, -0.1) is 24.8 Å². The van der Waals surface area contributed by atoms with E-state index in [-0.39, 0.29) is 24.8 Å². The van der Waals surface area contributed by atoms with Gasteiger partial charge < -0.3 is 14.2 Å². The first-order valence-electron chi connectivity index (χ1n) is 7.25. The van der Waals surface area contributed by atoms with Crippen LogP contribution in [0.1, 0.15) is 5.76 Å². The highest BCUT2D eigenvalue weighted by Crippen LogP contribution is 2.22. The van der Waals surface area contributed by atoms with Crippen LogP contribution in [0.4, 0.5) is 0 Å². The molecule has 7 heteroatoms. The fourth-order valence-corrected chi connectivity index (χ4v) is 2.51. The molecule has 0 amide bonds. The van der Waals surface area contributed by atoms with E-state index in [0.717, 1.165) is 55.5 Å². The van der Waals surface area contributed by atoms with E-state index < -0.39 is 0 Å². The lowest BCUT2D eigenvalue weighted by Gasteiger charge is -2.31. The molecule has 0 bridgehead atoms. The van der Waals surface area contributed by atoms with Crippen molar-refractivity contribution >= 4 is 24.8 Å². The normalized spacial score (nSPS) is 15.6. The van der Waals surface area contributed by atoms with E-state index in [0.29, 0.717) is 0 Å². The molecular formula is C16H23Cl2N3O2. The number of hydrogen-bond donors (Lipinski definition) is 0. The van der Waals surface area contributed by atoms with E-state index in [2.05, 4.69) is 22.0 Å². The van der Waals surface area contributed by atoms with Crippen molar-refractivity contribution in [2.24, 2.45) is 0 Å². The largest absolute Gasteiger partial charge is 0.497 e. The van der Waals surface area contributed by atoms with Crippen LogP contribution < -0.4 is 4.74 Å². The zero-order valence-electron chi connectivity index (χ0n) is 13.4. The van der Waals surface area contributed by atoms with Crippen LogP contribution in [0.2, 0.25) is 0 Å². The van der Waals surface area contributed by atoms with Gasteiger partial charge in [0.25, 0.3) is 0 Å². The monoisotopic (exact) mass is 359 g/mol.